The van der Waals surface area contributed by atoms with Gasteiger partial charge in [-0.1, -0.05) is 59.8 Å². The van der Waals surface area contributed by atoms with E-state index in [4.69, 9.17) is 9.57 Å². The second kappa shape index (κ2) is 10.8. The number of benzene rings is 2. The molecule has 4 atom stereocenters. The molecule has 3 fully saturated rings. The Bertz CT molecular complexity index is 1630. The van der Waals surface area contributed by atoms with Crippen molar-refractivity contribution >= 4 is 33.6 Å². The SMILES string of the molecule is C=C[C@@H]1C[C@]1(NC(=O)[C@@H]1C[C@@H](ON=C2c3ccccc3-c3ccccc32)CN1C(=O)OC(C)(C)C)C(=O)NS(=O)(=O)C1CC1. The van der Waals surface area contributed by atoms with E-state index in [0.29, 0.717) is 18.6 Å². The Labute approximate surface area is 256 Å². The van der Waals surface area contributed by atoms with E-state index in [1.165, 1.54) is 11.0 Å². The number of rotatable bonds is 8. The third kappa shape index (κ3) is 5.58. The van der Waals surface area contributed by atoms with Gasteiger partial charge in [-0.2, -0.15) is 0 Å². The zero-order valence-electron chi connectivity index (χ0n) is 24.9. The van der Waals surface area contributed by atoms with Crippen molar-refractivity contribution in [3.8, 4) is 11.1 Å². The topological polar surface area (TPSA) is 143 Å². The molecule has 12 heteroatoms. The highest BCUT2D eigenvalue weighted by molar-refractivity contribution is 7.91. The van der Waals surface area contributed by atoms with Gasteiger partial charge in [0.05, 0.1) is 11.8 Å². The first-order chi connectivity index (χ1) is 20.8. The first kappa shape index (κ1) is 29.9. The molecule has 4 aliphatic rings. The summed E-state index contributed by atoms with van der Waals surface area (Å²) >= 11 is 0. The second-order valence-corrected chi connectivity index (χ2v) is 14.8. The van der Waals surface area contributed by atoms with Crippen LogP contribution in [-0.2, 0) is 29.2 Å². The molecule has 3 amide bonds. The van der Waals surface area contributed by atoms with Crippen LogP contribution in [0.1, 0.15) is 57.6 Å². The molecule has 0 aromatic heterocycles. The quantitative estimate of drug-likeness (QED) is 0.290. The standard InChI is InChI=1S/C32H36N4O7S/c1-5-19-17-32(19,29(38)35-44(40,41)21-14-15-21)33-28(37)26-16-20(18-36(26)30(39)42-31(2,3)4)43-34-27-24-12-8-6-10-22(24)23-11-7-9-13-25(23)27/h5-13,19-21,26H,1,14-18H2,2-4H3,(H,33,37)(H,35,38)/t19-,20-,26+,32-/m1/s1. The smallest absolute Gasteiger partial charge is 0.411 e. The molecule has 6 rings (SSSR count). The number of nitrogens with zero attached hydrogens (tertiary/aromatic N) is 2. The molecule has 0 bridgehead atoms. The molecular weight excluding hydrogens is 584 g/mol. The molecule has 1 aliphatic heterocycles. The normalized spacial score (nSPS) is 25.4. The Kier molecular flexibility index (Phi) is 7.30. The first-order valence-electron chi connectivity index (χ1n) is 14.8. The summed E-state index contributed by atoms with van der Waals surface area (Å²) < 4.78 is 32.7. The number of carbonyl (C=O) groups excluding carboxylic acids is 3. The van der Waals surface area contributed by atoms with Gasteiger partial charge in [0.2, 0.25) is 15.9 Å². The predicted molar refractivity (Wildman–Crippen MR) is 163 cm³/mol. The summed E-state index contributed by atoms with van der Waals surface area (Å²) in [6, 6.07) is 14.7. The molecule has 44 heavy (non-hydrogen) atoms. The van der Waals surface area contributed by atoms with Gasteiger partial charge in [-0.05, 0) is 51.2 Å². The molecule has 2 aromatic rings. The molecule has 2 N–H and O–H groups in total. The van der Waals surface area contributed by atoms with E-state index < -0.39 is 62.4 Å². The number of likely N-dealkylation sites (tertiary alicyclic amines) is 1. The van der Waals surface area contributed by atoms with Crippen LogP contribution in [0.4, 0.5) is 4.79 Å². The summed E-state index contributed by atoms with van der Waals surface area (Å²) in [6.45, 7) is 8.94. The average Bonchev–Trinajstić information content (AvgIpc) is 3.87. The lowest BCUT2D eigenvalue weighted by atomic mass is 10.1. The van der Waals surface area contributed by atoms with Crippen LogP contribution in [0.2, 0.25) is 0 Å². The average molecular weight is 621 g/mol. The zero-order valence-corrected chi connectivity index (χ0v) is 25.7. The van der Waals surface area contributed by atoms with Crippen LogP contribution in [0.5, 0.6) is 0 Å². The van der Waals surface area contributed by atoms with E-state index in [1.54, 1.807) is 20.8 Å². The van der Waals surface area contributed by atoms with Crippen LogP contribution in [-0.4, -0.2) is 72.0 Å². The fourth-order valence-corrected chi connectivity index (χ4v) is 7.25. The van der Waals surface area contributed by atoms with Crippen molar-refractivity contribution in [2.24, 2.45) is 11.1 Å². The minimum atomic E-state index is -3.83. The number of fused-ring (bicyclic) bond motifs is 3. The molecule has 2 aromatic carbocycles. The first-order valence-corrected chi connectivity index (χ1v) is 16.3. The Hall–Kier alpha value is -4.19. The lowest BCUT2D eigenvalue weighted by Gasteiger charge is -2.29. The Morgan fingerprint density at radius 2 is 1.61 bits per heavy atom. The van der Waals surface area contributed by atoms with E-state index in [2.05, 4.69) is 21.8 Å². The minimum Gasteiger partial charge on any atom is -0.444 e. The van der Waals surface area contributed by atoms with Gasteiger partial charge >= 0.3 is 6.09 Å². The fraction of sp³-hybridized carbons (Fsp3) is 0.438. The van der Waals surface area contributed by atoms with Crippen molar-refractivity contribution < 1.29 is 32.4 Å². The van der Waals surface area contributed by atoms with Crippen LogP contribution in [0, 0.1) is 5.92 Å². The number of hydrogen-bond acceptors (Lipinski definition) is 8. The number of sulfonamides is 1. The van der Waals surface area contributed by atoms with Crippen LogP contribution in [0.15, 0.2) is 66.3 Å². The van der Waals surface area contributed by atoms with Gasteiger partial charge < -0.3 is 14.9 Å². The monoisotopic (exact) mass is 620 g/mol. The maximum atomic E-state index is 13.8. The van der Waals surface area contributed by atoms with Crippen molar-refractivity contribution in [1.29, 1.82) is 0 Å². The van der Waals surface area contributed by atoms with Gasteiger partial charge in [-0.3, -0.25) is 19.2 Å². The summed E-state index contributed by atoms with van der Waals surface area (Å²) in [4.78, 5) is 47.5. The lowest BCUT2D eigenvalue weighted by Crippen LogP contribution is -2.56. The van der Waals surface area contributed by atoms with Crippen LogP contribution < -0.4 is 10.0 Å². The van der Waals surface area contributed by atoms with E-state index in [9.17, 15) is 22.8 Å². The van der Waals surface area contributed by atoms with Gasteiger partial charge in [0.15, 0.2) is 0 Å². The number of hydrogen-bond donors (Lipinski definition) is 2. The summed E-state index contributed by atoms with van der Waals surface area (Å²) in [5.41, 5.74) is 2.28. The largest absolute Gasteiger partial charge is 0.444 e. The highest BCUT2D eigenvalue weighted by atomic mass is 32.2. The lowest BCUT2D eigenvalue weighted by molar-refractivity contribution is -0.131. The summed E-state index contributed by atoms with van der Waals surface area (Å²) in [7, 11) is -3.83. The van der Waals surface area contributed by atoms with Gasteiger partial charge in [-0.15, -0.1) is 6.58 Å². The minimum absolute atomic E-state index is 0.0210. The molecule has 2 saturated carbocycles. The number of ether oxygens (including phenoxy) is 1. The van der Waals surface area contributed by atoms with Crippen molar-refractivity contribution in [3.05, 3.63) is 72.3 Å². The third-order valence-electron chi connectivity index (χ3n) is 8.39. The van der Waals surface area contributed by atoms with Gasteiger partial charge in [0.25, 0.3) is 5.91 Å². The van der Waals surface area contributed by atoms with Crippen LogP contribution in [0.3, 0.4) is 0 Å². The highest BCUT2D eigenvalue weighted by Gasteiger charge is 2.62. The van der Waals surface area contributed by atoms with Gasteiger partial charge in [0.1, 0.15) is 29.0 Å². The molecule has 232 valence electrons. The summed E-state index contributed by atoms with van der Waals surface area (Å²) in [5.74, 6) is -1.88. The molecular formula is C32H36N4O7S. The summed E-state index contributed by atoms with van der Waals surface area (Å²) in [5, 5.41) is 6.67. The van der Waals surface area contributed by atoms with Crippen molar-refractivity contribution in [3.63, 3.8) is 0 Å². The number of amides is 3. The molecule has 11 nitrogen and oxygen atoms in total. The Morgan fingerprint density at radius 1 is 1.02 bits per heavy atom. The van der Waals surface area contributed by atoms with Crippen LogP contribution in [0.25, 0.3) is 11.1 Å². The van der Waals surface area contributed by atoms with Crippen molar-refractivity contribution in [2.45, 2.75) is 75.0 Å². The van der Waals surface area contributed by atoms with Gasteiger partial charge in [0, 0.05) is 23.5 Å². The maximum Gasteiger partial charge on any atom is 0.411 e. The fourth-order valence-electron chi connectivity index (χ4n) is 5.88. The summed E-state index contributed by atoms with van der Waals surface area (Å²) in [6.07, 6.45) is 1.41. The van der Waals surface area contributed by atoms with E-state index in [0.717, 1.165) is 22.3 Å². The highest BCUT2D eigenvalue weighted by Crippen LogP contribution is 2.45. The molecule has 3 aliphatic carbocycles. The number of oxime groups is 1. The number of carbonyl (C=O) groups is 3. The van der Waals surface area contributed by atoms with Crippen molar-refractivity contribution in [1.82, 2.24) is 14.9 Å². The zero-order chi connectivity index (χ0) is 31.4. The molecule has 0 radical (unpaired) electrons. The molecule has 1 heterocycles. The van der Waals surface area contributed by atoms with E-state index in [-0.39, 0.29) is 19.4 Å². The predicted octanol–water partition coefficient (Wildman–Crippen LogP) is 3.48. The van der Waals surface area contributed by atoms with Crippen LogP contribution >= 0.6 is 0 Å². The molecule has 1 saturated heterocycles. The molecule has 0 spiro atoms. The van der Waals surface area contributed by atoms with E-state index in [1.807, 2.05) is 48.5 Å². The van der Waals surface area contributed by atoms with E-state index >= 15 is 0 Å². The Balaban J connectivity index is 1.23. The Morgan fingerprint density at radius 3 is 2.14 bits per heavy atom. The van der Waals surface area contributed by atoms with Crippen molar-refractivity contribution in [2.75, 3.05) is 6.54 Å². The maximum absolute atomic E-state index is 13.8. The third-order valence-corrected chi connectivity index (χ3v) is 10.2. The van der Waals surface area contributed by atoms with Gasteiger partial charge in [-0.25, -0.2) is 13.2 Å². The molecule has 0 unspecified atom stereocenters. The number of nitrogens with one attached hydrogen (secondary N) is 2. The second-order valence-electron chi connectivity index (χ2n) is 12.8.